The summed E-state index contributed by atoms with van der Waals surface area (Å²) < 4.78 is 18.4. The fourth-order valence-corrected chi connectivity index (χ4v) is 5.61. The second kappa shape index (κ2) is 10.7. The number of fused-ring (bicyclic) bond motifs is 1. The maximum absolute atomic E-state index is 13.7. The van der Waals surface area contributed by atoms with E-state index in [1.54, 1.807) is 21.3 Å². The van der Waals surface area contributed by atoms with Crippen molar-refractivity contribution >= 4 is 23.2 Å². The van der Waals surface area contributed by atoms with Gasteiger partial charge in [-0.15, -0.1) is 10.2 Å². The highest BCUT2D eigenvalue weighted by molar-refractivity contribution is 8.00. The number of thioether (sulfide) groups is 1. The van der Waals surface area contributed by atoms with E-state index < -0.39 is 5.25 Å². The average molecular weight is 532 g/mol. The van der Waals surface area contributed by atoms with Gasteiger partial charge < -0.3 is 24.5 Å². The van der Waals surface area contributed by atoms with Gasteiger partial charge in [-0.2, -0.15) is 0 Å². The molecule has 9 nitrogen and oxygen atoms in total. The van der Waals surface area contributed by atoms with Gasteiger partial charge in [0.2, 0.25) is 10.9 Å². The summed E-state index contributed by atoms with van der Waals surface area (Å²) in [6.45, 7) is 0. The van der Waals surface area contributed by atoms with Crippen molar-refractivity contribution in [2.75, 3.05) is 45.8 Å². The summed E-state index contributed by atoms with van der Waals surface area (Å²) in [6, 6.07) is 20.8. The van der Waals surface area contributed by atoms with Gasteiger partial charge in [0.25, 0.3) is 0 Å². The topological polar surface area (TPSA) is 90.7 Å². The summed E-state index contributed by atoms with van der Waals surface area (Å²) >= 11 is 1.40. The highest BCUT2D eigenvalue weighted by Gasteiger charge is 2.38. The minimum absolute atomic E-state index is 0.0216. The van der Waals surface area contributed by atoms with E-state index in [1.165, 1.54) is 11.8 Å². The number of carbonyl (C=O) groups excluding carboxylic acids is 1. The van der Waals surface area contributed by atoms with Gasteiger partial charge in [-0.3, -0.25) is 4.79 Å². The third-order valence-corrected chi connectivity index (χ3v) is 7.66. The van der Waals surface area contributed by atoms with Crippen LogP contribution in [-0.2, 0) is 0 Å². The Morgan fingerprint density at radius 3 is 2.16 bits per heavy atom. The monoisotopic (exact) mass is 531 g/mol. The standard InChI is InChI=1S/C28H29N5O4S/c1-32(2)20-13-11-17(12-14-20)23-26(24(34)18-9-7-6-8-10-18)38-28-30-29-27(33(28)31-23)19-15-21(35-3)25(37-5)22(16-19)36-4/h6-16,23,26,31H,1-5H3. The van der Waals surface area contributed by atoms with Crippen molar-refractivity contribution in [2.45, 2.75) is 16.4 Å². The minimum atomic E-state index is -0.452. The van der Waals surface area contributed by atoms with Gasteiger partial charge in [-0.05, 0) is 29.8 Å². The number of ether oxygens (including phenoxy) is 3. The number of hydrogen-bond acceptors (Lipinski definition) is 9. The first-order valence-corrected chi connectivity index (χ1v) is 12.9. The van der Waals surface area contributed by atoms with Gasteiger partial charge >= 0.3 is 0 Å². The van der Waals surface area contributed by atoms with Crippen LogP contribution < -0.4 is 24.5 Å². The first kappa shape index (κ1) is 25.5. The first-order chi connectivity index (χ1) is 18.4. The second-order valence-corrected chi connectivity index (χ2v) is 10.0. The van der Waals surface area contributed by atoms with Gasteiger partial charge in [0.05, 0.1) is 27.4 Å². The molecule has 1 aliphatic heterocycles. The Kier molecular flexibility index (Phi) is 7.15. The molecule has 0 amide bonds. The molecular formula is C28H29N5O4S. The smallest absolute Gasteiger partial charge is 0.211 e. The summed E-state index contributed by atoms with van der Waals surface area (Å²) in [5.41, 5.74) is 6.97. The summed E-state index contributed by atoms with van der Waals surface area (Å²) in [7, 11) is 8.70. The van der Waals surface area contributed by atoms with Crippen molar-refractivity contribution in [1.29, 1.82) is 0 Å². The molecule has 2 atom stereocenters. The number of anilines is 1. The SMILES string of the molecule is COc1cc(-c2nnc3n2NC(c2ccc(N(C)C)cc2)C(C(=O)c2ccccc2)S3)cc(OC)c1OC. The third kappa shape index (κ3) is 4.63. The molecule has 1 aromatic heterocycles. The van der Waals surface area contributed by atoms with Crippen molar-refractivity contribution in [1.82, 2.24) is 14.9 Å². The summed E-state index contributed by atoms with van der Waals surface area (Å²) in [5, 5.41) is 9.02. The predicted molar refractivity (Wildman–Crippen MR) is 148 cm³/mol. The molecule has 0 aliphatic carbocycles. The normalized spacial score (nSPS) is 16.2. The lowest BCUT2D eigenvalue weighted by Crippen LogP contribution is -2.39. The van der Waals surface area contributed by atoms with E-state index in [2.05, 4.69) is 15.6 Å². The van der Waals surface area contributed by atoms with Crippen LogP contribution in [0.2, 0.25) is 0 Å². The number of Topliss-reactive ketones (excluding diaryl/α,β-unsaturated/α-hetero) is 1. The van der Waals surface area contributed by atoms with Crippen LogP contribution >= 0.6 is 11.8 Å². The molecule has 2 unspecified atom stereocenters. The Morgan fingerprint density at radius 1 is 0.921 bits per heavy atom. The van der Waals surface area contributed by atoms with Crippen LogP contribution in [0.1, 0.15) is 22.0 Å². The van der Waals surface area contributed by atoms with Crippen molar-refractivity contribution in [3.63, 3.8) is 0 Å². The van der Waals surface area contributed by atoms with E-state index in [1.807, 2.05) is 90.4 Å². The van der Waals surface area contributed by atoms with E-state index in [-0.39, 0.29) is 11.8 Å². The molecule has 0 saturated carbocycles. The maximum Gasteiger partial charge on any atom is 0.211 e. The van der Waals surface area contributed by atoms with Crippen LogP contribution in [0.4, 0.5) is 5.69 Å². The molecule has 0 saturated heterocycles. The molecule has 2 heterocycles. The molecule has 0 spiro atoms. The first-order valence-electron chi connectivity index (χ1n) is 12.0. The number of ketones is 1. The van der Waals surface area contributed by atoms with Crippen molar-refractivity contribution < 1.29 is 19.0 Å². The van der Waals surface area contributed by atoms with Crippen LogP contribution in [-0.4, -0.2) is 61.3 Å². The van der Waals surface area contributed by atoms with E-state index in [0.717, 1.165) is 16.8 Å². The molecule has 1 aliphatic rings. The highest BCUT2D eigenvalue weighted by atomic mass is 32.2. The van der Waals surface area contributed by atoms with E-state index in [4.69, 9.17) is 14.2 Å². The molecule has 5 rings (SSSR count). The predicted octanol–water partition coefficient (Wildman–Crippen LogP) is 4.68. The molecule has 10 heteroatoms. The number of nitrogens with one attached hydrogen (secondary N) is 1. The number of aromatic nitrogens is 3. The van der Waals surface area contributed by atoms with E-state index in [9.17, 15) is 4.79 Å². The molecule has 4 aromatic rings. The Bertz CT molecular complexity index is 1410. The maximum atomic E-state index is 13.7. The number of methoxy groups -OCH3 is 3. The lowest BCUT2D eigenvalue weighted by atomic mass is 9.97. The minimum Gasteiger partial charge on any atom is -0.493 e. The Balaban J connectivity index is 1.59. The molecule has 1 N–H and O–H groups in total. The van der Waals surface area contributed by atoms with Gasteiger partial charge in [-0.25, -0.2) is 4.68 Å². The fraction of sp³-hybridized carbons (Fsp3) is 0.250. The Hall–Kier alpha value is -4.18. The molecule has 0 fully saturated rings. The molecule has 0 radical (unpaired) electrons. The summed E-state index contributed by atoms with van der Waals surface area (Å²) in [5.74, 6) is 2.10. The number of benzene rings is 3. The van der Waals surface area contributed by atoms with Crippen molar-refractivity contribution in [3.8, 4) is 28.6 Å². The Morgan fingerprint density at radius 2 is 1.58 bits per heavy atom. The van der Waals surface area contributed by atoms with Gasteiger partial charge in [0.1, 0.15) is 5.25 Å². The summed E-state index contributed by atoms with van der Waals surface area (Å²) in [6.07, 6.45) is 0. The van der Waals surface area contributed by atoms with Crippen LogP contribution in [0, 0.1) is 0 Å². The molecular weight excluding hydrogens is 502 g/mol. The van der Waals surface area contributed by atoms with Crippen LogP contribution in [0.3, 0.4) is 0 Å². The molecule has 0 bridgehead atoms. The molecule has 38 heavy (non-hydrogen) atoms. The van der Waals surface area contributed by atoms with Crippen LogP contribution in [0.15, 0.2) is 71.9 Å². The summed E-state index contributed by atoms with van der Waals surface area (Å²) in [4.78, 5) is 15.8. The van der Waals surface area contributed by atoms with Gasteiger partial charge in [-0.1, -0.05) is 54.2 Å². The van der Waals surface area contributed by atoms with E-state index in [0.29, 0.717) is 33.8 Å². The largest absolute Gasteiger partial charge is 0.493 e. The zero-order valence-corrected chi connectivity index (χ0v) is 22.7. The van der Waals surface area contributed by atoms with Crippen LogP contribution in [0.5, 0.6) is 17.2 Å². The number of hydrogen-bond donors (Lipinski definition) is 1. The van der Waals surface area contributed by atoms with E-state index >= 15 is 0 Å². The third-order valence-electron chi connectivity index (χ3n) is 6.44. The quantitative estimate of drug-likeness (QED) is 0.326. The van der Waals surface area contributed by atoms with Crippen molar-refractivity contribution in [2.24, 2.45) is 0 Å². The molecule has 196 valence electrons. The molecule has 3 aromatic carbocycles. The van der Waals surface area contributed by atoms with Gasteiger partial charge in [0.15, 0.2) is 23.1 Å². The highest BCUT2D eigenvalue weighted by Crippen LogP contribution is 2.44. The number of carbonyl (C=O) groups is 1. The Labute approximate surface area is 225 Å². The van der Waals surface area contributed by atoms with Gasteiger partial charge in [0, 0.05) is 30.9 Å². The lowest BCUT2D eigenvalue weighted by molar-refractivity contribution is 0.0980. The van der Waals surface area contributed by atoms with Crippen LogP contribution in [0.25, 0.3) is 11.4 Å². The fourth-order valence-electron chi connectivity index (χ4n) is 4.45. The van der Waals surface area contributed by atoms with Crippen molar-refractivity contribution in [3.05, 3.63) is 77.9 Å². The zero-order chi connectivity index (χ0) is 26.8. The number of nitrogens with zero attached hydrogens (tertiary/aromatic N) is 4. The second-order valence-electron chi connectivity index (χ2n) is 8.92. The number of rotatable bonds is 8. The average Bonchev–Trinajstić information content (AvgIpc) is 3.38. The zero-order valence-electron chi connectivity index (χ0n) is 21.8. The lowest BCUT2D eigenvalue weighted by Gasteiger charge is -2.33.